The summed E-state index contributed by atoms with van der Waals surface area (Å²) in [5.74, 6) is 2.73. The van der Waals surface area contributed by atoms with Crippen molar-refractivity contribution >= 4 is 5.95 Å². The summed E-state index contributed by atoms with van der Waals surface area (Å²) in [5, 5.41) is 4.08. The van der Waals surface area contributed by atoms with E-state index in [0.717, 1.165) is 49.9 Å². The number of ether oxygens (including phenoxy) is 1. The first-order valence-electron chi connectivity index (χ1n) is 9.39. The summed E-state index contributed by atoms with van der Waals surface area (Å²) in [6.07, 6.45) is 11.6. The van der Waals surface area contributed by atoms with Gasteiger partial charge in [-0.05, 0) is 25.7 Å². The molecule has 0 saturated carbocycles. The molecule has 9 heteroatoms. The summed E-state index contributed by atoms with van der Waals surface area (Å²) in [6, 6.07) is 0. The Balaban J connectivity index is 1.33. The second-order valence-corrected chi connectivity index (χ2v) is 6.90. The van der Waals surface area contributed by atoms with Crippen LogP contribution in [-0.4, -0.2) is 49.4 Å². The fraction of sp³-hybridized carbons (Fsp3) is 0.500. The molecule has 1 unspecified atom stereocenters. The van der Waals surface area contributed by atoms with Gasteiger partial charge in [-0.15, -0.1) is 0 Å². The lowest BCUT2D eigenvalue weighted by molar-refractivity contribution is 0.0835. The second kappa shape index (κ2) is 7.07. The van der Waals surface area contributed by atoms with Crippen molar-refractivity contribution < 1.29 is 9.26 Å². The molecule has 140 valence electrons. The van der Waals surface area contributed by atoms with E-state index in [1.165, 1.54) is 12.8 Å². The number of nitrogens with zero attached hydrogens (tertiary/aromatic N) is 7. The topological polar surface area (TPSA) is 95.0 Å². The lowest BCUT2D eigenvalue weighted by atomic mass is 10.2. The van der Waals surface area contributed by atoms with Gasteiger partial charge in [-0.2, -0.15) is 4.98 Å². The summed E-state index contributed by atoms with van der Waals surface area (Å²) < 4.78 is 12.9. The molecule has 0 aromatic carbocycles. The third-order valence-corrected chi connectivity index (χ3v) is 5.00. The van der Waals surface area contributed by atoms with Crippen LogP contribution in [0.15, 0.2) is 29.3 Å². The van der Waals surface area contributed by atoms with E-state index in [1.807, 2.05) is 23.2 Å². The predicted molar refractivity (Wildman–Crippen MR) is 96.0 cm³/mol. The normalized spacial score (nSPS) is 19.9. The van der Waals surface area contributed by atoms with Crippen LogP contribution in [0.25, 0.3) is 11.4 Å². The molecule has 0 bridgehead atoms. The van der Waals surface area contributed by atoms with Crippen LogP contribution in [0.5, 0.6) is 0 Å². The Morgan fingerprint density at radius 1 is 1.07 bits per heavy atom. The molecule has 9 nitrogen and oxygen atoms in total. The Morgan fingerprint density at radius 3 is 2.70 bits per heavy atom. The standard InChI is InChI=1S/C18H21N7O2/c1-2-7-24(6-1)18-20-10-13(11-21-18)16-19-5-8-25(16)12-15-22-17(27-23-15)14-4-3-9-26-14/h5,8,10-11,14H,1-4,6-7,9,12H2. The van der Waals surface area contributed by atoms with Gasteiger partial charge in [0.1, 0.15) is 11.9 Å². The Kier molecular flexibility index (Phi) is 4.29. The lowest BCUT2D eigenvalue weighted by Gasteiger charge is -2.14. The Hall–Kier alpha value is -2.81. The van der Waals surface area contributed by atoms with E-state index < -0.39 is 0 Å². The van der Waals surface area contributed by atoms with Gasteiger partial charge in [-0.25, -0.2) is 15.0 Å². The van der Waals surface area contributed by atoms with Gasteiger partial charge in [0.05, 0.1) is 12.1 Å². The number of hydrogen-bond donors (Lipinski definition) is 0. The molecule has 2 aliphatic heterocycles. The van der Waals surface area contributed by atoms with E-state index in [9.17, 15) is 0 Å². The van der Waals surface area contributed by atoms with Gasteiger partial charge >= 0.3 is 0 Å². The van der Waals surface area contributed by atoms with E-state index in [2.05, 4.69) is 30.0 Å². The minimum Gasteiger partial charge on any atom is -0.368 e. The molecule has 0 aliphatic carbocycles. The molecule has 3 aromatic rings. The van der Waals surface area contributed by atoms with Crippen LogP contribution < -0.4 is 4.90 Å². The minimum atomic E-state index is -0.0694. The van der Waals surface area contributed by atoms with E-state index in [-0.39, 0.29) is 6.10 Å². The minimum absolute atomic E-state index is 0.0694. The van der Waals surface area contributed by atoms with Crippen molar-refractivity contribution in [2.45, 2.75) is 38.3 Å². The molecule has 0 radical (unpaired) electrons. The molecule has 5 heterocycles. The molecule has 0 spiro atoms. The van der Waals surface area contributed by atoms with Gasteiger partial charge in [0.15, 0.2) is 5.82 Å². The zero-order valence-corrected chi connectivity index (χ0v) is 15.0. The number of hydrogen-bond acceptors (Lipinski definition) is 8. The van der Waals surface area contributed by atoms with Crippen molar-refractivity contribution in [3.05, 3.63) is 36.5 Å². The van der Waals surface area contributed by atoms with Gasteiger partial charge in [0.2, 0.25) is 5.95 Å². The molecule has 3 aromatic heterocycles. The molecular formula is C18H21N7O2. The number of rotatable bonds is 5. The monoisotopic (exact) mass is 367 g/mol. The van der Waals surface area contributed by atoms with Gasteiger partial charge < -0.3 is 18.7 Å². The van der Waals surface area contributed by atoms with Crippen LogP contribution in [-0.2, 0) is 11.3 Å². The fourth-order valence-electron chi connectivity index (χ4n) is 3.60. The average Bonchev–Trinajstić information content (AvgIpc) is 3.49. The van der Waals surface area contributed by atoms with Gasteiger partial charge in [0, 0.05) is 44.5 Å². The lowest BCUT2D eigenvalue weighted by Crippen LogP contribution is -2.20. The Morgan fingerprint density at radius 2 is 1.93 bits per heavy atom. The zero-order chi connectivity index (χ0) is 18.1. The van der Waals surface area contributed by atoms with Crippen molar-refractivity contribution in [1.82, 2.24) is 29.7 Å². The molecule has 0 N–H and O–H groups in total. The molecule has 5 rings (SSSR count). The maximum atomic E-state index is 5.60. The summed E-state index contributed by atoms with van der Waals surface area (Å²) in [6.45, 7) is 3.28. The summed E-state index contributed by atoms with van der Waals surface area (Å²) >= 11 is 0. The van der Waals surface area contributed by atoms with Crippen molar-refractivity contribution in [2.24, 2.45) is 0 Å². The van der Waals surface area contributed by atoms with Crippen LogP contribution >= 0.6 is 0 Å². The predicted octanol–water partition coefficient (Wildman–Crippen LogP) is 2.22. The number of anilines is 1. The second-order valence-electron chi connectivity index (χ2n) is 6.90. The molecular weight excluding hydrogens is 346 g/mol. The average molecular weight is 367 g/mol. The molecule has 2 saturated heterocycles. The number of aromatic nitrogens is 6. The van der Waals surface area contributed by atoms with Gasteiger partial charge in [-0.1, -0.05) is 5.16 Å². The highest BCUT2D eigenvalue weighted by Crippen LogP contribution is 2.27. The first kappa shape index (κ1) is 16.4. The van der Waals surface area contributed by atoms with Crippen LogP contribution in [0.3, 0.4) is 0 Å². The van der Waals surface area contributed by atoms with E-state index >= 15 is 0 Å². The number of imidazole rings is 1. The highest BCUT2D eigenvalue weighted by Gasteiger charge is 2.24. The highest BCUT2D eigenvalue weighted by molar-refractivity contribution is 5.54. The quantitative estimate of drug-likeness (QED) is 0.677. The Labute approximate surface area is 156 Å². The third kappa shape index (κ3) is 3.30. The van der Waals surface area contributed by atoms with Crippen molar-refractivity contribution in [3.63, 3.8) is 0 Å². The van der Waals surface area contributed by atoms with Crippen molar-refractivity contribution in [3.8, 4) is 11.4 Å². The third-order valence-electron chi connectivity index (χ3n) is 5.00. The molecule has 27 heavy (non-hydrogen) atoms. The Bertz CT molecular complexity index is 893. The van der Waals surface area contributed by atoms with Crippen LogP contribution in [0.4, 0.5) is 5.95 Å². The molecule has 2 fully saturated rings. The first-order valence-corrected chi connectivity index (χ1v) is 9.39. The first-order chi connectivity index (χ1) is 13.4. The van der Waals surface area contributed by atoms with Crippen LogP contribution in [0.1, 0.15) is 43.5 Å². The van der Waals surface area contributed by atoms with Crippen LogP contribution in [0.2, 0.25) is 0 Å². The highest BCUT2D eigenvalue weighted by atomic mass is 16.5. The molecule has 2 aliphatic rings. The smallest absolute Gasteiger partial charge is 0.255 e. The summed E-state index contributed by atoms with van der Waals surface area (Å²) in [4.78, 5) is 20.2. The van der Waals surface area contributed by atoms with Crippen molar-refractivity contribution in [1.29, 1.82) is 0 Å². The summed E-state index contributed by atoms with van der Waals surface area (Å²) in [5.41, 5.74) is 0.866. The van der Waals surface area contributed by atoms with E-state index in [0.29, 0.717) is 18.3 Å². The van der Waals surface area contributed by atoms with Crippen molar-refractivity contribution in [2.75, 3.05) is 24.6 Å². The fourth-order valence-corrected chi connectivity index (χ4v) is 3.60. The van der Waals surface area contributed by atoms with Crippen LogP contribution in [0, 0.1) is 0 Å². The maximum Gasteiger partial charge on any atom is 0.255 e. The van der Waals surface area contributed by atoms with Gasteiger partial charge in [-0.3, -0.25) is 0 Å². The van der Waals surface area contributed by atoms with Gasteiger partial charge in [0.25, 0.3) is 5.89 Å². The zero-order valence-electron chi connectivity index (χ0n) is 15.0. The molecule has 1 atom stereocenters. The van der Waals surface area contributed by atoms with E-state index in [1.54, 1.807) is 6.20 Å². The molecule has 0 amide bonds. The SMILES string of the molecule is c1cn(Cc2noc(C3CCCO3)n2)c(-c2cnc(N3CCCC3)nc2)n1. The largest absolute Gasteiger partial charge is 0.368 e. The maximum absolute atomic E-state index is 5.60. The van der Waals surface area contributed by atoms with E-state index in [4.69, 9.17) is 9.26 Å². The summed E-state index contributed by atoms with van der Waals surface area (Å²) in [7, 11) is 0.